The quantitative estimate of drug-likeness (QED) is 0.756. The van der Waals surface area contributed by atoms with E-state index < -0.39 is 0 Å². The first-order valence-corrected chi connectivity index (χ1v) is 11.4. The van der Waals surface area contributed by atoms with Crippen molar-refractivity contribution in [1.82, 2.24) is 19.7 Å². The summed E-state index contributed by atoms with van der Waals surface area (Å²) in [4.78, 5) is 35.0. The number of hydrogen-bond donors (Lipinski definition) is 0. The molecule has 0 radical (unpaired) electrons. The van der Waals surface area contributed by atoms with Gasteiger partial charge in [0.05, 0.1) is 0 Å². The van der Waals surface area contributed by atoms with Gasteiger partial charge in [-0.25, -0.2) is 0 Å². The first-order chi connectivity index (χ1) is 14.6. The molecule has 7 nitrogen and oxygen atoms in total. The van der Waals surface area contributed by atoms with E-state index in [-0.39, 0.29) is 17.9 Å². The lowest BCUT2D eigenvalue weighted by Crippen LogP contribution is -2.51. The Morgan fingerprint density at radius 2 is 1.47 bits per heavy atom. The van der Waals surface area contributed by atoms with E-state index in [1.807, 2.05) is 17.0 Å². The van der Waals surface area contributed by atoms with Crippen LogP contribution in [0.4, 0.5) is 0 Å². The summed E-state index contributed by atoms with van der Waals surface area (Å²) in [5.74, 6) is 1.43. The highest BCUT2D eigenvalue weighted by Gasteiger charge is 2.33. The highest BCUT2D eigenvalue weighted by Crippen LogP contribution is 2.26. The van der Waals surface area contributed by atoms with E-state index in [4.69, 9.17) is 4.74 Å². The maximum atomic E-state index is 12.9. The molecule has 4 heterocycles. The third kappa shape index (κ3) is 5.12. The fourth-order valence-electron chi connectivity index (χ4n) is 5.12. The van der Waals surface area contributed by atoms with Gasteiger partial charge in [0.1, 0.15) is 11.9 Å². The van der Waals surface area contributed by atoms with Crippen LogP contribution in [0.2, 0.25) is 0 Å². The summed E-state index contributed by atoms with van der Waals surface area (Å²) < 4.78 is 6.08. The monoisotopic (exact) mass is 414 g/mol. The summed E-state index contributed by atoms with van der Waals surface area (Å²) in [5.41, 5.74) is 0. The lowest BCUT2D eigenvalue weighted by Gasteiger charge is -2.42. The number of carbonyl (C=O) groups excluding carboxylic acids is 2. The fraction of sp³-hybridized carbons (Fsp3) is 0.696. The van der Waals surface area contributed by atoms with Crippen LogP contribution in [-0.4, -0.2) is 82.9 Å². The molecule has 0 bridgehead atoms. The molecule has 0 aliphatic carbocycles. The van der Waals surface area contributed by atoms with Gasteiger partial charge in [0.25, 0.3) is 0 Å². The molecule has 164 valence electrons. The number of carbonyl (C=O) groups is 2. The van der Waals surface area contributed by atoms with E-state index in [9.17, 15) is 9.59 Å². The summed E-state index contributed by atoms with van der Waals surface area (Å²) >= 11 is 0. The first-order valence-electron chi connectivity index (χ1n) is 11.4. The zero-order chi connectivity index (χ0) is 20.9. The summed E-state index contributed by atoms with van der Waals surface area (Å²) in [6, 6.07) is 4.42. The molecule has 0 N–H and O–H groups in total. The zero-order valence-electron chi connectivity index (χ0n) is 18.0. The van der Waals surface area contributed by atoms with E-state index in [1.165, 1.54) is 0 Å². The van der Waals surface area contributed by atoms with Crippen molar-refractivity contribution >= 4 is 11.8 Å². The predicted molar refractivity (Wildman–Crippen MR) is 114 cm³/mol. The van der Waals surface area contributed by atoms with Gasteiger partial charge in [-0.1, -0.05) is 0 Å². The SMILES string of the molecule is CC(=O)N1CCC(C(=O)N2CCC(N3CCC(Oc4ccncc4)CC3)CC2)CC1. The van der Waals surface area contributed by atoms with Gasteiger partial charge in [0, 0.05) is 70.5 Å². The Labute approximate surface area is 179 Å². The largest absolute Gasteiger partial charge is 0.490 e. The number of piperidine rings is 3. The van der Waals surface area contributed by atoms with E-state index >= 15 is 0 Å². The van der Waals surface area contributed by atoms with Gasteiger partial charge < -0.3 is 14.5 Å². The van der Waals surface area contributed by atoms with Crippen molar-refractivity contribution in [2.24, 2.45) is 5.92 Å². The van der Waals surface area contributed by atoms with Crippen LogP contribution >= 0.6 is 0 Å². The molecule has 0 saturated carbocycles. The number of likely N-dealkylation sites (tertiary alicyclic amines) is 3. The maximum Gasteiger partial charge on any atom is 0.225 e. The van der Waals surface area contributed by atoms with Gasteiger partial charge in [-0.05, 0) is 50.7 Å². The van der Waals surface area contributed by atoms with Crippen LogP contribution < -0.4 is 4.74 Å². The third-order valence-corrected chi connectivity index (χ3v) is 7.01. The second kappa shape index (κ2) is 9.77. The second-order valence-electron chi connectivity index (χ2n) is 8.87. The number of nitrogens with zero attached hydrogens (tertiary/aromatic N) is 4. The lowest BCUT2D eigenvalue weighted by molar-refractivity contribution is -0.141. The molecule has 3 saturated heterocycles. The summed E-state index contributed by atoms with van der Waals surface area (Å²) in [7, 11) is 0. The van der Waals surface area contributed by atoms with Gasteiger partial charge >= 0.3 is 0 Å². The number of pyridine rings is 1. The predicted octanol–water partition coefficient (Wildman–Crippen LogP) is 2.17. The maximum absolute atomic E-state index is 12.9. The molecule has 0 spiro atoms. The summed E-state index contributed by atoms with van der Waals surface area (Å²) in [6.45, 7) is 6.92. The van der Waals surface area contributed by atoms with Crippen molar-refractivity contribution < 1.29 is 14.3 Å². The van der Waals surface area contributed by atoms with Gasteiger partial charge in [0.2, 0.25) is 11.8 Å². The van der Waals surface area contributed by atoms with Gasteiger partial charge in [-0.15, -0.1) is 0 Å². The Kier molecular flexibility index (Phi) is 6.87. The Morgan fingerprint density at radius 3 is 2.07 bits per heavy atom. The van der Waals surface area contributed by atoms with E-state index in [1.54, 1.807) is 19.3 Å². The van der Waals surface area contributed by atoms with Crippen LogP contribution in [0.1, 0.15) is 45.4 Å². The van der Waals surface area contributed by atoms with E-state index in [0.717, 1.165) is 83.5 Å². The van der Waals surface area contributed by atoms with Crippen molar-refractivity contribution in [2.75, 3.05) is 39.3 Å². The molecular formula is C23H34N4O3. The molecule has 0 atom stereocenters. The van der Waals surface area contributed by atoms with Crippen LogP contribution in [0.3, 0.4) is 0 Å². The highest BCUT2D eigenvalue weighted by molar-refractivity contribution is 5.79. The molecule has 4 rings (SSSR count). The van der Waals surface area contributed by atoms with Crippen LogP contribution in [0.25, 0.3) is 0 Å². The number of hydrogen-bond acceptors (Lipinski definition) is 5. The van der Waals surface area contributed by atoms with Crippen molar-refractivity contribution in [2.45, 2.75) is 57.6 Å². The van der Waals surface area contributed by atoms with E-state index in [2.05, 4.69) is 14.8 Å². The zero-order valence-corrected chi connectivity index (χ0v) is 18.0. The Hall–Kier alpha value is -2.15. The van der Waals surface area contributed by atoms with Crippen LogP contribution in [0.15, 0.2) is 24.5 Å². The topological polar surface area (TPSA) is 66.0 Å². The minimum atomic E-state index is 0.0956. The van der Waals surface area contributed by atoms with Crippen molar-refractivity contribution in [3.05, 3.63) is 24.5 Å². The minimum Gasteiger partial charge on any atom is -0.490 e. The Morgan fingerprint density at radius 1 is 0.867 bits per heavy atom. The summed E-state index contributed by atoms with van der Waals surface area (Å²) in [6.07, 6.45) is 9.67. The smallest absolute Gasteiger partial charge is 0.225 e. The molecule has 1 aromatic heterocycles. The minimum absolute atomic E-state index is 0.0956. The lowest BCUT2D eigenvalue weighted by atomic mass is 9.93. The third-order valence-electron chi connectivity index (χ3n) is 7.01. The molecular weight excluding hydrogens is 380 g/mol. The number of amides is 2. The van der Waals surface area contributed by atoms with Gasteiger partial charge in [-0.3, -0.25) is 19.5 Å². The van der Waals surface area contributed by atoms with E-state index in [0.29, 0.717) is 11.9 Å². The average molecular weight is 415 g/mol. The molecule has 3 fully saturated rings. The Bertz CT molecular complexity index is 704. The van der Waals surface area contributed by atoms with Crippen LogP contribution in [-0.2, 0) is 9.59 Å². The van der Waals surface area contributed by atoms with Crippen molar-refractivity contribution in [3.63, 3.8) is 0 Å². The molecule has 3 aliphatic rings. The highest BCUT2D eigenvalue weighted by atomic mass is 16.5. The molecule has 1 aromatic rings. The number of ether oxygens (including phenoxy) is 1. The summed E-state index contributed by atoms with van der Waals surface area (Å²) in [5, 5.41) is 0. The molecule has 0 unspecified atom stereocenters. The van der Waals surface area contributed by atoms with Gasteiger partial charge in [0.15, 0.2) is 0 Å². The molecule has 3 aliphatic heterocycles. The molecule has 7 heteroatoms. The fourth-order valence-corrected chi connectivity index (χ4v) is 5.12. The van der Waals surface area contributed by atoms with Crippen LogP contribution in [0.5, 0.6) is 5.75 Å². The Balaban J connectivity index is 1.18. The second-order valence-corrected chi connectivity index (χ2v) is 8.87. The average Bonchev–Trinajstić information content (AvgIpc) is 2.80. The standard InChI is InChI=1S/C23H34N4O3/c1-18(28)25-12-4-19(5-13-25)23(29)27-14-6-20(7-15-27)26-16-8-22(9-17-26)30-21-2-10-24-11-3-21/h2-3,10-11,19-20,22H,4-9,12-17H2,1H3. The van der Waals surface area contributed by atoms with Crippen molar-refractivity contribution in [3.8, 4) is 5.75 Å². The number of aromatic nitrogens is 1. The first kappa shape index (κ1) is 21.1. The van der Waals surface area contributed by atoms with Crippen LogP contribution in [0, 0.1) is 5.92 Å². The molecule has 0 aromatic carbocycles. The van der Waals surface area contributed by atoms with Crippen molar-refractivity contribution in [1.29, 1.82) is 0 Å². The molecule has 30 heavy (non-hydrogen) atoms. The normalized spacial score (nSPS) is 22.8. The van der Waals surface area contributed by atoms with Gasteiger partial charge in [-0.2, -0.15) is 0 Å². The number of rotatable bonds is 4. The molecule has 2 amide bonds.